The molecule has 0 unspecified atom stereocenters. The molecule has 0 atom stereocenters. The van der Waals surface area contributed by atoms with Gasteiger partial charge in [-0.3, -0.25) is 0 Å². The van der Waals surface area contributed by atoms with E-state index in [-0.39, 0.29) is 43.8 Å². The number of aliphatic hydroxyl groups is 1. The van der Waals surface area contributed by atoms with Crippen molar-refractivity contribution >= 4 is 22.7 Å². The zero-order chi connectivity index (χ0) is 31.9. The maximum absolute atomic E-state index is 13.7. The molecule has 6 rings (SSSR count). The largest absolute Gasteiger partial charge is 0.416 e. The maximum Gasteiger partial charge on any atom is 0.416 e. The van der Waals surface area contributed by atoms with Crippen molar-refractivity contribution in [2.24, 2.45) is 11.8 Å². The Morgan fingerprint density at radius 3 is 2.09 bits per heavy atom. The second-order valence-electron chi connectivity index (χ2n) is 12.1. The van der Waals surface area contributed by atoms with Gasteiger partial charge in [0.2, 0.25) is 0 Å². The predicted molar refractivity (Wildman–Crippen MR) is 155 cm³/mol. The summed E-state index contributed by atoms with van der Waals surface area (Å²) in [6.07, 6.45) is -5.45. The summed E-state index contributed by atoms with van der Waals surface area (Å²) in [6.45, 7) is 3.03. The first-order valence-corrected chi connectivity index (χ1v) is 14.9. The number of benzene rings is 2. The molecule has 2 aromatic carbocycles. The number of tetrazole rings is 1. The Labute approximate surface area is 255 Å². The van der Waals surface area contributed by atoms with E-state index in [9.17, 15) is 31.4 Å². The highest BCUT2D eigenvalue weighted by Gasteiger charge is 2.37. The van der Waals surface area contributed by atoms with E-state index in [1.807, 2.05) is 31.2 Å². The number of alkyl halides is 6. The molecular weight excluding hydrogens is 600 g/mol. The van der Waals surface area contributed by atoms with E-state index in [0.29, 0.717) is 11.8 Å². The Bertz CT molecular complexity index is 1620. The Morgan fingerprint density at radius 1 is 0.867 bits per heavy atom. The van der Waals surface area contributed by atoms with Crippen LogP contribution in [0.4, 0.5) is 38.1 Å². The van der Waals surface area contributed by atoms with Crippen LogP contribution in [0.5, 0.6) is 0 Å². The van der Waals surface area contributed by atoms with Crippen LogP contribution in [0.3, 0.4) is 0 Å². The van der Waals surface area contributed by atoms with Gasteiger partial charge in [0.1, 0.15) is 5.82 Å². The fourth-order valence-corrected chi connectivity index (χ4v) is 5.52. The molecule has 0 spiro atoms. The molecule has 1 N–H and O–H groups in total. The highest BCUT2D eigenvalue weighted by Crippen LogP contribution is 2.39. The SMILES string of the molecule is Cc1cccc2cc(CN(Cc3cc(C(F)(F)F)cc(C(F)(F)F)c3)c3nnn(CCO)n3)c(N(CC3CC3)CC3CC3)nc12. The van der Waals surface area contributed by atoms with Gasteiger partial charge in [0, 0.05) is 37.1 Å². The molecule has 0 amide bonds. The number of para-hydroxylation sites is 1. The topological polar surface area (TPSA) is 83.2 Å². The number of anilines is 2. The molecule has 14 heteroatoms. The van der Waals surface area contributed by atoms with E-state index < -0.39 is 23.5 Å². The summed E-state index contributed by atoms with van der Waals surface area (Å²) < 4.78 is 82.3. The third-order valence-electron chi connectivity index (χ3n) is 8.16. The molecule has 2 saturated carbocycles. The number of aliphatic hydroxyl groups excluding tert-OH is 1. The van der Waals surface area contributed by atoms with Crippen molar-refractivity contribution in [3.8, 4) is 0 Å². The summed E-state index contributed by atoms with van der Waals surface area (Å²) >= 11 is 0. The van der Waals surface area contributed by atoms with Gasteiger partial charge in [-0.05, 0) is 85.0 Å². The van der Waals surface area contributed by atoms with Gasteiger partial charge in [-0.15, -0.1) is 5.10 Å². The molecule has 45 heavy (non-hydrogen) atoms. The number of fused-ring (bicyclic) bond motifs is 1. The maximum atomic E-state index is 13.7. The van der Waals surface area contributed by atoms with Gasteiger partial charge in [-0.1, -0.05) is 23.3 Å². The smallest absolute Gasteiger partial charge is 0.394 e. The van der Waals surface area contributed by atoms with Gasteiger partial charge < -0.3 is 14.9 Å². The minimum absolute atomic E-state index is 0.000598. The molecule has 4 aromatic rings. The van der Waals surface area contributed by atoms with Crippen molar-refractivity contribution in [3.63, 3.8) is 0 Å². The number of nitrogens with zero attached hydrogens (tertiary/aromatic N) is 7. The highest BCUT2D eigenvalue weighted by atomic mass is 19.4. The Morgan fingerprint density at radius 2 is 1.51 bits per heavy atom. The van der Waals surface area contributed by atoms with Crippen LogP contribution in [-0.4, -0.2) is 50.0 Å². The Kier molecular flexibility index (Phi) is 8.35. The normalized spacial score (nSPS) is 15.6. The molecule has 2 aliphatic rings. The molecule has 0 radical (unpaired) electrons. The van der Waals surface area contributed by atoms with Crippen molar-refractivity contribution in [1.82, 2.24) is 25.2 Å². The van der Waals surface area contributed by atoms with E-state index in [4.69, 9.17) is 4.98 Å². The number of hydrogen-bond acceptors (Lipinski definition) is 7. The van der Waals surface area contributed by atoms with Crippen molar-refractivity contribution < 1.29 is 31.4 Å². The summed E-state index contributed by atoms with van der Waals surface area (Å²) in [6, 6.07) is 9.35. The van der Waals surface area contributed by atoms with Crippen molar-refractivity contribution in [2.45, 2.75) is 64.6 Å². The number of aryl methyl sites for hydroxylation is 1. The first-order chi connectivity index (χ1) is 21.4. The van der Waals surface area contributed by atoms with E-state index in [2.05, 4.69) is 20.3 Å². The van der Waals surface area contributed by atoms with Crippen LogP contribution >= 0.6 is 0 Å². The van der Waals surface area contributed by atoms with Crippen LogP contribution in [0.1, 0.15) is 53.5 Å². The molecule has 0 saturated heterocycles. The van der Waals surface area contributed by atoms with E-state index >= 15 is 0 Å². The lowest BCUT2D eigenvalue weighted by atomic mass is 10.0. The molecule has 2 aliphatic carbocycles. The monoisotopic (exact) mass is 633 g/mol. The van der Waals surface area contributed by atoms with Gasteiger partial charge in [0.15, 0.2) is 0 Å². The number of pyridine rings is 1. The standard InChI is InChI=1S/C31H33F6N7O/c1-19-3-2-4-23-13-24(28(38-27(19)23)42(15-20-5-6-20)16-21-7-8-21)18-43(29-39-41-44(40-29)9-10-45)17-22-11-25(30(32,33)34)14-26(12-22)31(35,36)37/h2-4,11-14,20-21,45H,5-10,15-18H2,1H3. The summed E-state index contributed by atoms with van der Waals surface area (Å²) in [7, 11) is 0. The minimum Gasteiger partial charge on any atom is -0.394 e. The van der Waals surface area contributed by atoms with Gasteiger partial charge in [-0.25, -0.2) is 4.98 Å². The Hall–Kier alpha value is -3.94. The number of halogens is 6. The molecule has 2 fully saturated rings. The second kappa shape index (κ2) is 12.1. The van der Waals surface area contributed by atoms with E-state index in [1.165, 1.54) is 4.90 Å². The average molecular weight is 634 g/mol. The second-order valence-corrected chi connectivity index (χ2v) is 12.1. The lowest BCUT2D eigenvalue weighted by Gasteiger charge is -2.29. The molecule has 2 aromatic heterocycles. The van der Waals surface area contributed by atoms with Crippen LogP contribution < -0.4 is 9.80 Å². The quantitative estimate of drug-likeness (QED) is 0.181. The summed E-state index contributed by atoms with van der Waals surface area (Å²) in [5.41, 5.74) is -0.433. The first-order valence-electron chi connectivity index (χ1n) is 14.9. The van der Waals surface area contributed by atoms with Crippen molar-refractivity contribution in [3.05, 3.63) is 70.3 Å². The minimum atomic E-state index is -4.98. The zero-order valence-electron chi connectivity index (χ0n) is 24.6. The molecule has 0 bridgehead atoms. The summed E-state index contributed by atoms with van der Waals surface area (Å²) in [4.78, 5) is 10.0. The van der Waals surface area contributed by atoms with Gasteiger partial charge in [0.05, 0.1) is 29.8 Å². The molecule has 240 valence electrons. The molecule has 8 nitrogen and oxygen atoms in total. The first kappa shape index (κ1) is 31.1. The predicted octanol–water partition coefficient (Wildman–Crippen LogP) is 6.39. The highest BCUT2D eigenvalue weighted by molar-refractivity contribution is 5.84. The molecule has 0 aliphatic heterocycles. The third-order valence-corrected chi connectivity index (χ3v) is 8.16. The van der Waals surface area contributed by atoms with Crippen LogP contribution in [0.15, 0.2) is 42.5 Å². The fourth-order valence-electron chi connectivity index (χ4n) is 5.52. The third kappa shape index (κ3) is 7.48. The van der Waals surface area contributed by atoms with Crippen LogP contribution in [0, 0.1) is 18.8 Å². The lowest BCUT2D eigenvalue weighted by Crippen LogP contribution is -2.32. The van der Waals surface area contributed by atoms with Crippen LogP contribution in [0.2, 0.25) is 0 Å². The van der Waals surface area contributed by atoms with E-state index in [1.54, 1.807) is 0 Å². The van der Waals surface area contributed by atoms with Crippen LogP contribution in [-0.2, 0) is 32.0 Å². The number of hydrogen-bond donors (Lipinski definition) is 1. The molecular formula is C31H33F6N7O. The van der Waals surface area contributed by atoms with E-state index in [0.717, 1.165) is 83.5 Å². The number of aromatic nitrogens is 5. The Balaban J connectivity index is 1.44. The zero-order valence-corrected chi connectivity index (χ0v) is 24.6. The number of rotatable bonds is 12. The summed E-state index contributed by atoms with van der Waals surface area (Å²) in [5.74, 6) is 1.84. The average Bonchev–Trinajstić information content (AvgIpc) is 3.91. The fraction of sp³-hybridized carbons (Fsp3) is 0.484. The lowest BCUT2D eigenvalue weighted by molar-refractivity contribution is -0.143. The van der Waals surface area contributed by atoms with Gasteiger partial charge in [0.25, 0.3) is 5.95 Å². The van der Waals surface area contributed by atoms with Gasteiger partial charge >= 0.3 is 12.4 Å². The molecule has 2 heterocycles. The van der Waals surface area contributed by atoms with Gasteiger partial charge in [-0.2, -0.15) is 31.1 Å². The summed E-state index contributed by atoms with van der Waals surface area (Å²) in [5, 5.41) is 22.5. The van der Waals surface area contributed by atoms with Crippen LogP contribution in [0.25, 0.3) is 10.9 Å². The van der Waals surface area contributed by atoms with Crippen molar-refractivity contribution in [1.29, 1.82) is 0 Å². The van der Waals surface area contributed by atoms with Crippen molar-refractivity contribution in [2.75, 3.05) is 29.5 Å².